The summed E-state index contributed by atoms with van der Waals surface area (Å²) in [4.78, 5) is 27.9. The number of thiazole rings is 1. The van der Waals surface area contributed by atoms with E-state index in [9.17, 15) is 9.70 Å². The fourth-order valence-electron chi connectivity index (χ4n) is 3.00. The van der Waals surface area contributed by atoms with Crippen LogP contribution in [0, 0.1) is 4.91 Å². The Balaban J connectivity index is 1.50. The number of aromatic nitrogens is 1. The standard InChI is InChI=1S/C21H18N6O3S/c1-13-19(25-24-16-5-3-4-14(10-16)11-22-29)20(28)27(26-13)21-23-18(12-31-21)15-6-8-17(30-2)9-7-15/h3-10,12,19H,11H2,1-2H3. The predicted molar refractivity (Wildman–Crippen MR) is 119 cm³/mol. The smallest absolute Gasteiger partial charge is 0.282 e. The Labute approximate surface area is 182 Å². The summed E-state index contributed by atoms with van der Waals surface area (Å²) in [6, 6.07) is 13.7. The third-order valence-electron chi connectivity index (χ3n) is 4.60. The van der Waals surface area contributed by atoms with E-state index in [2.05, 4.69) is 25.5 Å². The second-order valence-electron chi connectivity index (χ2n) is 6.71. The number of hydrogen-bond donors (Lipinski definition) is 0. The normalized spacial score (nSPS) is 16.1. The van der Waals surface area contributed by atoms with Crippen molar-refractivity contribution in [1.82, 2.24) is 4.98 Å². The van der Waals surface area contributed by atoms with Gasteiger partial charge in [-0.25, -0.2) is 4.98 Å². The van der Waals surface area contributed by atoms with Crippen LogP contribution in [0.1, 0.15) is 12.5 Å². The number of azo groups is 1. The van der Waals surface area contributed by atoms with Crippen LogP contribution in [-0.4, -0.2) is 29.8 Å². The molecule has 10 heteroatoms. The number of anilines is 1. The maximum absolute atomic E-state index is 12.9. The number of methoxy groups -OCH3 is 1. The quantitative estimate of drug-likeness (QED) is 0.387. The van der Waals surface area contributed by atoms with Gasteiger partial charge < -0.3 is 4.74 Å². The molecule has 4 rings (SSSR count). The van der Waals surface area contributed by atoms with Crippen molar-refractivity contribution in [3.8, 4) is 17.0 Å². The first-order chi connectivity index (χ1) is 15.1. The minimum Gasteiger partial charge on any atom is -0.497 e. The monoisotopic (exact) mass is 434 g/mol. The van der Waals surface area contributed by atoms with E-state index in [1.807, 2.05) is 29.6 Å². The minimum atomic E-state index is -0.818. The zero-order valence-corrected chi connectivity index (χ0v) is 17.6. The molecular formula is C21H18N6O3S. The summed E-state index contributed by atoms with van der Waals surface area (Å²) in [6.45, 7) is 1.78. The Kier molecular flexibility index (Phi) is 5.89. The first-order valence-corrected chi connectivity index (χ1v) is 10.2. The second kappa shape index (κ2) is 8.92. The van der Waals surface area contributed by atoms with Crippen molar-refractivity contribution in [1.29, 1.82) is 0 Å². The highest BCUT2D eigenvalue weighted by molar-refractivity contribution is 7.14. The molecule has 9 nitrogen and oxygen atoms in total. The van der Waals surface area contributed by atoms with Gasteiger partial charge in [0.2, 0.25) is 5.13 Å². The Morgan fingerprint density at radius 1 is 1.19 bits per heavy atom. The molecule has 0 saturated carbocycles. The average molecular weight is 434 g/mol. The summed E-state index contributed by atoms with van der Waals surface area (Å²) in [7, 11) is 1.61. The largest absolute Gasteiger partial charge is 0.497 e. The van der Waals surface area contributed by atoms with Crippen molar-refractivity contribution in [2.75, 3.05) is 12.1 Å². The zero-order valence-electron chi connectivity index (χ0n) is 16.8. The molecule has 0 spiro atoms. The molecular weight excluding hydrogens is 416 g/mol. The van der Waals surface area contributed by atoms with Gasteiger partial charge in [0.25, 0.3) is 5.91 Å². The van der Waals surface area contributed by atoms with Gasteiger partial charge in [-0.3, -0.25) is 4.79 Å². The molecule has 1 amide bonds. The number of hydrogen-bond acceptors (Lipinski definition) is 9. The lowest BCUT2D eigenvalue weighted by molar-refractivity contribution is -0.117. The molecule has 1 aliphatic rings. The maximum Gasteiger partial charge on any atom is 0.282 e. The first kappa shape index (κ1) is 20.5. The lowest BCUT2D eigenvalue weighted by atomic mass is 10.2. The van der Waals surface area contributed by atoms with Crippen LogP contribution in [0.3, 0.4) is 0 Å². The van der Waals surface area contributed by atoms with Crippen LogP contribution in [0.25, 0.3) is 11.3 Å². The number of amides is 1. The van der Waals surface area contributed by atoms with Gasteiger partial charge in [0.15, 0.2) is 6.04 Å². The Morgan fingerprint density at radius 3 is 2.74 bits per heavy atom. The molecule has 1 atom stereocenters. The van der Waals surface area contributed by atoms with Gasteiger partial charge in [-0.2, -0.15) is 25.2 Å². The molecule has 1 aromatic heterocycles. The molecule has 0 fully saturated rings. The molecule has 156 valence electrons. The highest BCUT2D eigenvalue weighted by Gasteiger charge is 2.36. The van der Waals surface area contributed by atoms with Crippen LogP contribution in [0.5, 0.6) is 5.75 Å². The Bertz CT molecular complexity index is 1170. The molecule has 0 aliphatic carbocycles. The summed E-state index contributed by atoms with van der Waals surface area (Å²) in [5, 5.41) is 19.1. The van der Waals surface area contributed by atoms with Crippen molar-refractivity contribution in [2.45, 2.75) is 19.5 Å². The van der Waals surface area contributed by atoms with E-state index in [0.717, 1.165) is 22.6 Å². The van der Waals surface area contributed by atoms with Crippen LogP contribution >= 0.6 is 11.3 Å². The summed E-state index contributed by atoms with van der Waals surface area (Å²) >= 11 is 1.32. The van der Waals surface area contributed by atoms with Crippen LogP contribution in [-0.2, 0) is 11.3 Å². The van der Waals surface area contributed by atoms with Gasteiger partial charge >= 0.3 is 0 Å². The van der Waals surface area contributed by atoms with E-state index >= 15 is 0 Å². The fraction of sp³-hybridized carbons (Fsp3) is 0.190. The van der Waals surface area contributed by atoms with Crippen LogP contribution in [0.4, 0.5) is 10.8 Å². The highest BCUT2D eigenvalue weighted by Crippen LogP contribution is 2.31. The Hall–Kier alpha value is -3.79. The number of ether oxygens (including phenoxy) is 1. The third kappa shape index (κ3) is 4.38. The molecule has 0 radical (unpaired) electrons. The predicted octanol–water partition coefficient (Wildman–Crippen LogP) is 4.96. The van der Waals surface area contributed by atoms with E-state index < -0.39 is 6.04 Å². The van der Waals surface area contributed by atoms with E-state index in [-0.39, 0.29) is 12.5 Å². The Morgan fingerprint density at radius 2 is 2.00 bits per heavy atom. The molecule has 0 bridgehead atoms. The summed E-state index contributed by atoms with van der Waals surface area (Å²) in [6.07, 6.45) is 0. The van der Waals surface area contributed by atoms with Crippen molar-refractivity contribution in [2.24, 2.45) is 20.5 Å². The summed E-state index contributed by atoms with van der Waals surface area (Å²) in [5.74, 6) is 0.443. The van der Waals surface area contributed by atoms with Crippen LogP contribution in [0.15, 0.2) is 74.4 Å². The van der Waals surface area contributed by atoms with Gasteiger partial charge in [-0.05, 0) is 48.9 Å². The average Bonchev–Trinajstić information content (AvgIpc) is 3.38. The van der Waals surface area contributed by atoms with Crippen molar-refractivity contribution >= 4 is 33.8 Å². The van der Waals surface area contributed by atoms with Crippen LogP contribution in [0.2, 0.25) is 0 Å². The van der Waals surface area contributed by atoms with Crippen molar-refractivity contribution < 1.29 is 9.53 Å². The third-order valence-corrected chi connectivity index (χ3v) is 5.42. The van der Waals surface area contributed by atoms with E-state index in [4.69, 9.17) is 4.74 Å². The lowest BCUT2D eigenvalue weighted by Crippen LogP contribution is -2.29. The SMILES string of the molecule is COc1ccc(-c2csc(N3N=C(C)C(N=Nc4cccc(CN=O)c4)C3=O)n2)cc1. The van der Waals surface area contributed by atoms with E-state index in [1.165, 1.54) is 16.3 Å². The summed E-state index contributed by atoms with van der Waals surface area (Å²) in [5.41, 5.74) is 3.45. The lowest BCUT2D eigenvalue weighted by Gasteiger charge is -2.08. The first-order valence-electron chi connectivity index (χ1n) is 9.37. The van der Waals surface area contributed by atoms with Crippen LogP contribution < -0.4 is 9.75 Å². The molecule has 31 heavy (non-hydrogen) atoms. The van der Waals surface area contributed by atoms with Crippen molar-refractivity contribution in [3.05, 3.63) is 64.4 Å². The number of rotatable bonds is 7. The minimum absolute atomic E-state index is 0.0561. The number of benzene rings is 2. The van der Waals surface area contributed by atoms with Gasteiger partial charge in [-0.15, -0.1) is 11.3 Å². The summed E-state index contributed by atoms with van der Waals surface area (Å²) < 4.78 is 5.18. The number of nitrogens with zero attached hydrogens (tertiary/aromatic N) is 6. The molecule has 3 aromatic rings. The second-order valence-corrected chi connectivity index (χ2v) is 7.55. The molecule has 1 aliphatic heterocycles. The van der Waals surface area contributed by atoms with Gasteiger partial charge in [0.1, 0.15) is 12.3 Å². The fourth-order valence-corrected chi connectivity index (χ4v) is 3.79. The number of carbonyl (C=O) groups excluding carboxylic acids is 1. The maximum atomic E-state index is 12.9. The van der Waals surface area contributed by atoms with Gasteiger partial charge in [0, 0.05) is 10.9 Å². The van der Waals surface area contributed by atoms with Gasteiger partial charge in [0.05, 0.1) is 24.2 Å². The number of nitroso groups, excluding NO2 is 1. The molecule has 2 aromatic carbocycles. The molecule has 1 unspecified atom stereocenters. The van der Waals surface area contributed by atoms with Crippen molar-refractivity contribution in [3.63, 3.8) is 0 Å². The van der Waals surface area contributed by atoms with E-state index in [0.29, 0.717) is 16.5 Å². The molecule has 2 heterocycles. The van der Waals surface area contributed by atoms with Gasteiger partial charge in [-0.1, -0.05) is 17.3 Å². The van der Waals surface area contributed by atoms with E-state index in [1.54, 1.807) is 38.3 Å². The molecule has 0 saturated heterocycles. The highest BCUT2D eigenvalue weighted by atomic mass is 32.1. The molecule has 0 N–H and O–H groups in total. The number of carbonyl (C=O) groups is 1. The number of hydrazone groups is 1. The topological polar surface area (TPSA) is 109 Å². The zero-order chi connectivity index (χ0) is 21.8.